The Hall–Kier alpha value is -1.88. The zero-order valence-corrected chi connectivity index (χ0v) is 19.0. The number of nitrogens with zero attached hydrogens (tertiary/aromatic N) is 3. The molecule has 5 rings (SSSR count). The van der Waals surface area contributed by atoms with Crippen molar-refractivity contribution in [3.63, 3.8) is 0 Å². The minimum atomic E-state index is -3.50. The Kier molecular flexibility index (Phi) is 5.20. The summed E-state index contributed by atoms with van der Waals surface area (Å²) in [6.07, 6.45) is 1.87. The molecule has 174 valence electrons. The third-order valence-corrected chi connectivity index (χ3v) is 9.73. The van der Waals surface area contributed by atoms with Crippen LogP contribution in [0, 0.1) is 18.6 Å². The van der Waals surface area contributed by atoms with E-state index in [1.54, 1.807) is 6.92 Å². The molecule has 2 fully saturated rings. The van der Waals surface area contributed by atoms with Crippen LogP contribution in [0.1, 0.15) is 61.2 Å². The van der Waals surface area contributed by atoms with Crippen LogP contribution in [-0.4, -0.2) is 45.9 Å². The average Bonchev–Trinajstić information content (AvgIpc) is 3.31. The van der Waals surface area contributed by atoms with Crippen molar-refractivity contribution in [1.29, 1.82) is 0 Å². The molecule has 0 amide bonds. The highest BCUT2D eigenvalue weighted by molar-refractivity contribution is 7.91. The molecule has 1 aliphatic carbocycles. The third-order valence-electron chi connectivity index (χ3n) is 7.26. The molecule has 1 aromatic carbocycles. The summed E-state index contributed by atoms with van der Waals surface area (Å²) in [6.45, 7) is 5.07. The number of halogens is 2. The van der Waals surface area contributed by atoms with E-state index in [4.69, 9.17) is 10.5 Å². The van der Waals surface area contributed by atoms with Crippen LogP contribution in [0.5, 0.6) is 0 Å². The second-order valence-electron chi connectivity index (χ2n) is 9.51. The number of fused-ring (bicyclic) bond motifs is 1. The number of rotatable bonds is 4. The Labute approximate surface area is 186 Å². The summed E-state index contributed by atoms with van der Waals surface area (Å²) < 4.78 is 60.2. The molecular formula is C22H28F2N4O3S. The molecule has 1 saturated carbocycles. The molecule has 32 heavy (non-hydrogen) atoms. The van der Waals surface area contributed by atoms with Gasteiger partial charge in [0.05, 0.1) is 16.1 Å². The lowest BCUT2D eigenvalue weighted by Gasteiger charge is -2.28. The fourth-order valence-corrected chi connectivity index (χ4v) is 6.60. The van der Waals surface area contributed by atoms with Gasteiger partial charge in [0.15, 0.2) is 0 Å². The molecule has 3 heterocycles. The number of aromatic nitrogens is 2. The molecular weight excluding hydrogens is 438 g/mol. The molecule has 0 bridgehead atoms. The van der Waals surface area contributed by atoms with Gasteiger partial charge >= 0.3 is 0 Å². The molecule has 2 N–H and O–H groups in total. The minimum Gasteiger partial charge on any atom is -0.372 e. The molecule has 3 aliphatic rings. The largest absolute Gasteiger partial charge is 0.372 e. The maximum Gasteiger partial charge on any atom is 0.259 e. The van der Waals surface area contributed by atoms with Gasteiger partial charge in [0.2, 0.25) is 0 Å². The predicted molar refractivity (Wildman–Crippen MR) is 114 cm³/mol. The predicted octanol–water partition coefficient (Wildman–Crippen LogP) is 2.76. The van der Waals surface area contributed by atoms with Crippen LogP contribution in [0.3, 0.4) is 0 Å². The first-order valence-electron chi connectivity index (χ1n) is 11.0. The highest BCUT2D eigenvalue weighted by Crippen LogP contribution is 2.45. The van der Waals surface area contributed by atoms with Gasteiger partial charge in [-0.1, -0.05) is 0 Å². The Morgan fingerprint density at radius 1 is 1.25 bits per heavy atom. The van der Waals surface area contributed by atoms with Gasteiger partial charge in [-0.3, -0.25) is 4.90 Å². The molecule has 3 atom stereocenters. The van der Waals surface area contributed by atoms with Crippen molar-refractivity contribution in [2.75, 3.05) is 6.61 Å². The van der Waals surface area contributed by atoms with Gasteiger partial charge in [-0.2, -0.15) is 9.19 Å². The summed E-state index contributed by atoms with van der Waals surface area (Å²) >= 11 is 0. The van der Waals surface area contributed by atoms with Gasteiger partial charge in [-0.05, 0) is 57.7 Å². The van der Waals surface area contributed by atoms with Crippen LogP contribution in [0.2, 0.25) is 0 Å². The van der Waals surface area contributed by atoms with E-state index in [9.17, 15) is 17.2 Å². The van der Waals surface area contributed by atoms with E-state index in [0.717, 1.165) is 29.5 Å². The fourth-order valence-electron chi connectivity index (χ4n) is 4.88. The lowest BCUT2D eigenvalue weighted by molar-refractivity contribution is 0.0430. The number of ether oxygens (including phenoxy) is 1. The van der Waals surface area contributed by atoms with Gasteiger partial charge < -0.3 is 10.5 Å². The Balaban J connectivity index is 1.32. The van der Waals surface area contributed by atoms with Crippen molar-refractivity contribution in [3.8, 4) is 0 Å². The quantitative estimate of drug-likeness (QED) is 0.745. The van der Waals surface area contributed by atoms with Crippen molar-refractivity contribution in [3.05, 3.63) is 52.3 Å². The molecule has 1 saturated heterocycles. The summed E-state index contributed by atoms with van der Waals surface area (Å²) in [5.74, 6) is -1.05. The lowest BCUT2D eigenvalue weighted by Crippen LogP contribution is -2.38. The van der Waals surface area contributed by atoms with Gasteiger partial charge in [0.25, 0.3) is 10.0 Å². The molecule has 10 heteroatoms. The van der Waals surface area contributed by atoms with Crippen LogP contribution in [0.15, 0.2) is 18.2 Å². The summed E-state index contributed by atoms with van der Waals surface area (Å²) in [4.78, 5) is 2.23. The molecule has 2 aromatic rings. The van der Waals surface area contributed by atoms with Crippen LogP contribution < -0.4 is 5.73 Å². The zero-order valence-electron chi connectivity index (χ0n) is 18.2. The normalized spacial score (nSPS) is 27.8. The van der Waals surface area contributed by atoms with E-state index >= 15 is 0 Å². The lowest BCUT2D eigenvalue weighted by atomic mass is 9.96. The summed E-state index contributed by atoms with van der Waals surface area (Å²) in [6, 6.07) is 2.91. The first-order chi connectivity index (χ1) is 15.1. The van der Waals surface area contributed by atoms with Crippen molar-refractivity contribution in [2.45, 2.75) is 75.6 Å². The molecule has 2 aliphatic heterocycles. The first-order valence-corrected chi connectivity index (χ1v) is 12.4. The molecule has 1 unspecified atom stereocenters. The maximum atomic E-state index is 14.3. The zero-order chi connectivity index (χ0) is 22.8. The standard InChI is InChI=1S/C22H28F2N4O3S/c1-13-17-11-27(12-20(17)26-28(13)32(29,30)22(2)6-7-22)15-5-8-31-21(19(25)10-15)16-9-14(23)3-4-18(16)24/h3-4,9,15,19,21H,5-8,10-12,25H2,1-2H3/t15?,19-,21+/m0/s1. The van der Waals surface area contributed by atoms with Gasteiger partial charge in [0.1, 0.15) is 17.7 Å². The Bertz CT molecular complexity index is 1160. The molecule has 0 spiro atoms. The van der Waals surface area contributed by atoms with Crippen LogP contribution in [-0.2, 0) is 27.8 Å². The summed E-state index contributed by atoms with van der Waals surface area (Å²) in [5.41, 5.74) is 8.94. The van der Waals surface area contributed by atoms with Crippen molar-refractivity contribution in [2.24, 2.45) is 5.73 Å². The monoisotopic (exact) mass is 466 g/mol. The van der Waals surface area contributed by atoms with E-state index in [1.165, 1.54) is 4.09 Å². The Morgan fingerprint density at radius 2 is 2.00 bits per heavy atom. The van der Waals surface area contributed by atoms with Crippen molar-refractivity contribution < 1.29 is 21.9 Å². The van der Waals surface area contributed by atoms with E-state index in [2.05, 4.69) is 10.00 Å². The second kappa shape index (κ2) is 7.58. The van der Waals surface area contributed by atoms with Crippen LogP contribution >= 0.6 is 0 Å². The number of hydrogen-bond donors (Lipinski definition) is 1. The third kappa shape index (κ3) is 3.48. The topological polar surface area (TPSA) is 90.5 Å². The first kappa shape index (κ1) is 21.9. The van der Waals surface area contributed by atoms with E-state index < -0.39 is 38.6 Å². The van der Waals surface area contributed by atoms with Gasteiger partial charge in [0, 0.05) is 42.9 Å². The Morgan fingerprint density at radius 3 is 2.69 bits per heavy atom. The maximum absolute atomic E-state index is 14.3. The van der Waals surface area contributed by atoms with Gasteiger partial charge in [-0.25, -0.2) is 17.2 Å². The summed E-state index contributed by atoms with van der Waals surface area (Å²) in [7, 11) is -3.50. The SMILES string of the molecule is Cc1c2c(nn1S(=O)(=O)C1(C)CC1)CN(C1CCO[C@H](c3cc(F)ccc3F)[C@@H](N)C1)C2. The highest BCUT2D eigenvalue weighted by atomic mass is 32.2. The molecule has 0 radical (unpaired) electrons. The van der Waals surface area contributed by atoms with Crippen molar-refractivity contribution >= 4 is 10.0 Å². The number of hydrogen-bond acceptors (Lipinski definition) is 6. The second-order valence-corrected chi connectivity index (χ2v) is 11.8. The number of benzene rings is 1. The minimum absolute atomic E-state index is 0.0752. The summed E-state index contributed by atoms with van der Waals surface area (Å²) in [5, 5.41) is 4.47. The number of nitrogens with two attached hydrogens (primary N) is 1. The van der Waals surface area contributed by atoms with E-state index in [0.29, 0.717) is 51.1 Å². The fraction of sp³-hybridized carbons (Fsp3) is 0.591. The van der Waals surface area contributed by atoms with Crippen LogP contribution in [0.25, 0.3) is 0 Å². The van der Waals surface area contributed by atoms with Crippen molar-refractivity contribution in [1.82, 2.24) is 14.1 Å². The molecule has 1 aromatic heterocycles. The van der Waals surface area contributed by atoms with Crippen LogP contribution in [0.4, 0.5) is 8.78 Å². The van der Waals surface area contributed by atoms with Gasteiger partial charge in [-0.15, -0.1) is 0 Å². The van der Waals surface area contributed by atoms with E-state index in [-0.39, 0.29) is 11.6 Å². The van der Waals surface area contributed by atoms with E-state index in [1.807, 2.05) is 6.92 Å². The highest BCUT2D eigenvalue weighted by Gasteiger charge is 2.52. The molecule has 7 nitrogen and oxygen atoms in total. The smallest absolute Gasteiger partial charge is 0.259 e. The average molecular weight is 467 g/mol.